The molecule has 0 bridgehead atoms. The van der Waals surface area contributed by atoms with Crippen molar-refractivity contribution in [2.45, 2.75) is 46.1 Å². The smallest absolute Gasteiger partial charge is 0.329 e. The first-order valence-corrected chi connectivity index (χ1v) is 8.50. The van der Waals surface area contributed by atoms with Crippen molar-refractivity contribution in [2.75, 3.05) is 24.7 Å². The summed E-state index contributed by atoms with van der Waals surface area (Å²) in [6.07, 6.45) is 2.48. The monoisotopic (exact) mass is 318 g/mol. The van der Waals surface area contributed by atoms with Crippen molar-refractivity contribution in [1.82, 2.24) is 10.6 Å². The van der Waals surface area contributed by atoms with E-state index in [0.29, 0.717) is 12.2 Å². The van der Waals surface area contributed by atoms with Crippen molar-refractivity contribution >= 4 is 29.5 Å². The van der Waals surface area contributed by atoms with E-state index in [4.69, 9.17) is 4.74 Å². The van der Waals surface area contributed by atoms with Gasteiger partial charge in [-0.15, -0.1) is 0 Å². The molecule has 0 heterocycles. The number of carbonyl (C=O) groups is 3. The summed E-state index contributed by atoms with van der Waals surface area (Å²) < 4.78 is 4.95. The van der Waals surface area contributed by atoms with E-state index in [2.05, 4.69) is 17.6 Å². The van der Waals surface area contributed by atoms with E-state index in [9.17, 15) is 14.4 Å². The molecule has 0 aliphatic rings. The van der Waals surface area contributed by atoms with Crippen LogP contribution in [0.1, 0.15) is 40.0 Å². The Morgan fingerprint density at radius 1 is 1.14 bits per heavy atom. The zero-order valence-electron chi connectivity index (χ0n) is 13.1. The van der Waals surface area contributed by atoms with Crippen LogP contribution in [-0.2, 0) is 19.1 Å². The second kappa shape index (κ2) is 12.5. The van der Waals surface area contributed by atoms with Crippen molar-refractivity contribution < 1.29 is 19.1 Å². The maximum Gasteiger partial charge on any atom is 0.329 e. The standard InChI is InChI=1S/C14H26N2O4S/c1-4-7-8-21-10-11(14(19)20-6-3)16-13(18)9-15-12(17)5-2/h11H,4-10H2,1-3H3,(H,15,17)(H,16,18)/t11-/m0/s1. The number of ether oxygens (including phenoxy) is 1. The third-order valence-electron chi connectivity index (χ3n) is 2.60. The fraction of sp³-hybridized carbons (Fsp3) is 0.786. The van der Waals surface area contributed by atoms with Gasteiger partial charge in [-0.2, -0.15) is 11.8 Å². The molecule has 7 heteroatoms. The zero-order valence-corrected chi connectivity index (χ0v) is 13.9. The second-order valence-electron chi connectivity index (χ2n) is 4.43. The molecule has 0 aromatic heterocycles. The van der Waals surface area contributed by atoms with E-state index < -0.39 is 12.0 Å². The van der Waals surface area contributed by atoms with E-state index >= 15 is 0 Å². The van der Waals surface area contributed by atoms with Crippen molar-refractivity contribution in [2.24, 2.45) is 0 Å². The highest BCUT2D eigenvalue weighted by Gasteiger charge is 2.21. The van der Waals surface area contributed by atoms with Gasteiger partial charge in [0.05, 0.1) is 13.2 Å². The van der Waals surface area contributed by atoms with Gasteiger partial charge in [0.1, 0.15) is 6.04 Å². The molecule has 0 rings (SSSR count). The van der Waals surface area contributed by atoms with Crippen LogP contribution in [0.5, 0.6) is 0 Å². The molecule has 122 valence electrons. The summed E-state index contributed by atoms with van der Waals surface area (Å²) in [7, 11) is 0. The average Bonchev–Trinajstić information content (AvgIpc) is 2.48. The first kappa shape index (κ1) is 19.8. The van der Waals surface area contributed by atoms with Gasteiger partial charge in [-0.1, -0.05) is 20.3 Å². The van der Waals surface area contributed by atoms with Gasteiger partial charge in [-0.05, 0) is 19.1 Å². The van der Waals surface area contributed by atoms with E-state index in [0.717, 1.165) is 18.6 Å². The van der Waals surface area contributed by atoms with Crippen LogP contribution in [0, 0.1) is 0 Å². The van der Waals surface area contributed by atoms with E-state index in [1.54, 1.807) is 25.6 Å². The van der Waals surface area contributed by atoms with Crippen LogP contribution in [0.4, 0.5) is 0 Å². The Kier molecular flexibility index (Phi) is 11.8. The average molecular weight is 318 g/mol. The maximum atomic E-state index is 11.8. The highest BCUT2D eigenvalue weighted by Crippen LogP contribution is 2.07. The minimum atomic E-state index is -0.669. The minimum absolute atomic E-state index is 0.123. The lowest BCUT2D eigenvalue weighted by molar-refractivity contribution is -0.146. The third kappa shape index (κ3) is 10.2. The van der Waals surface area contributed by atoms with Gasteiger partial charge in [0, 0.05) is 12.2 Å². The summed E-state index contributed by atoms with van der Waals surface area (Å²) in [5.41, 5.74) is 0. The topological polar surface area (TPSA) is 84.5 Å². The van der Waals surface area contributed by atoms with Crippen LogP contribution in [0.25, 0.3) is 0 Å². The Hall–Kier alpha value is -1.24. The summed E-state index contributed by atoms with van der Waals surface area (Å²) in [6, 6.07) is -0.669. The molecule has 0 aliphatic carbocycles. The molecule has 0 aromatic carbocycles. The lowest BCUT2D eigenvalue weighted by Gasteiger charge is -2.17. The Bertz CT molecular complexity index is 337. The number of hydrogen-bond acceptors (Lipinski definition) is 5. The van der Waals surface area contributed by atoms with Crippen LogP contribution in [-0.4, -0.2) is 48.5 Å². The van der Waals surface area contributed by atoms with Crippen molar-refractivity contribution in [1.29, 1.82) is 0 Å². The number of thioether (sulfide) groups is 1. The highest BCUT2D eigenvalue weighted by atomic mass is 32.2. The molecule has 0 radical (unpaired) electrons. The molecule has 0 fully saturated rings. The van der Waals surface area contributed by atoms with Gasteiger partial charge in [0.25, 0.3) is 0 Å². The molecule has 6 nitrogen and oxygen atoms in total. The number of esters is 1. The Balaban J connectivity index is 4.27. The zero-order chi connectivity index (χ0) is 16.1. The van der Waals surface area contributed by atoms with Gasteiger partial charge < -0.3 is 15.4 Å². The molecule has 0 aromatic rings. The van der Waals surface area contributed by atoms with Crippen LogP contribution in [0.3, 0.4) is 0 Å². The van der Waals surface area contributed by atoms with Gasteiger partial charge >= 0.3 is 5.97 Å². The quantitative estimate of drug-likeness (QED) is 0.440. The SMILES string of the molecule is CCCCSC[C@H](NC(=O)CNC(=O)CC)C(=O)OCC. The molecule has 1 atom stereocenters. The fourth-order valence-electron chi connectivity index (χ4n) is 1.41. The molecule has 2 N–H and O–H groups in total. The largest absolute Gasteiger partial charge is 0.464 e. The normalized spacial score (nSPS) is 11.6. The lowest BCUT2D eigenvalue weighted by atomic mass is 10.3. The highest BCUT2D eigenvalue weighted by molar-refractivity contribution is 7.99. The van der Waals surface area contributed by atoms with Crippen LogP contribution < -0.4 is 10.6 Å². The van der Waals surface area contributed by atoms with Crippen LogP contribution in [0.2, 0.25) is 0 Å². The van der Waals surface area contributed by atoms with Crippen molar-refractivity contribution in [3.63, 3.8) is 0 Å². The molecule has 21 heavy (non-hydrogen) atoms. The Morgan fingerprint density at radius 2 is 1.86 bits per heavy atom. The number of carbonyl (C=O) groups excluding carboxylic acids is 3. The predicted octanol–water partition coefficient (Wildman–Crippen LogP) is 1.09. The first-order chi connectivity index (χ1) is 10.0. The van der Waals surface area contributed by atoms with Gasteiger partial charge in [0.15, 0.2) is 0 Å². The maximum absolute atomic E-state index is 11.8. The summed E-state index contributed by atoms with van der Waals surface area (Å²) in [4.78, 5) is 34.6. The number of unbranched alkanes of at least 4 members (excludes halogenated alkanes) is 1. The number of rotatable bonds is 11. The summed E-state index contributed by atoms with van der Waals surface area (Å²) in [6.45, 7) is 5.68. The third-order valence-corrected chi connectivity index (χ3v) is 3.75. The molecule has 0 unspecified atom stereocenters. The molecular formula is C14H26N2O4S. The van der Waals surface area contributed by atoms with E-state index in [-0.39, 0.29) is 25.0 Å². The van der Waals surface area contributed by atoms with Gasteiger partial charge in [-0.3, -0.25) is 9.59 Å². The molecule has 2 amide bonds. The summed E-state index contributed by atoms with van der Waals surface area (Å²) >= 11 is 1.61. The first-order valence-electron chi connectivity index (χ1n) is 7.35. The van der Waals surface area contributed by atoms with Crippen molar-refractivity contribution in [3.05, 3.63) is 0 Å². The molecule has 0 saturated heterocycles. The van der Waals surface area contributed by atoms with Crippen molar-refractivity contribution in [3.8, 4) is 0 Å². The predicted molar refractivity (Wildman–Crippen MR) is 84.1 cm³/mol. The molecular weight excluding hydrogens is 292 g/mol. The minimum Gasteiger partial charge on any atom is -0.464 e. The van der Waals surface area contributed by atoms with Gasteiger partial charge in [0.2, 0.25) is 11.8 Å². The summed E-state index contributed by atoms with van der Waals surface area (Å²) in [5, 5.41) is 5.08. The fourth-order valence-corrected chi connectivity index (χ4v) is 2.52. The molecule has 0 saturated carbocycles. The summed E-state index contributed by atoms with van der Waals surface area (Å²) in [5.74, 6) is 0.402. The number of hydrogen-bond donors (Lipinski definition) is 2. The van der Waals surface area contributed by atoms with E-state index in [1.165, 1.54) is 0 Å². The number of amides is 2. The second-order valence-corrected chi connectivity index (χ2v) is 5.58. The molecule has 0 aliphatic heterocycles. The molecule has 0 spiro atoms. The van der Waals surface area contributed by atoms with Gasteiger partial charge in [-0.25, -0.2) is 4.79 Å². The number of nitrogens with one attached hydrogen (secondary N) is 2. The van der Waals surface area contributed by atoms with Crippen LogP contribution in [0.15, 0.2) is 0 Å². The lowest BCUT2D eigenvalue weighted by Crippen LogP contribution is -2.47. The Labute approximate surface area is 130 Å². The van der Waals surface area contributed by atoms with Crippen LogP contribution >= 0.6 is 11.8 Å². The Morgan fingerprint density at radius 3 is 2.43 bits per heavy atom. The van der Waals surface area contributed by atoms with E-state index in [1.807, 2.05) is 0 Å².